The van der Waals surface area contributed by atoms with Gasteiger partial charge in [-0.05, 0) is 25.0 Å². The van der Waals surface area contributed by atoms with Gasteiger partial charge in [0.05, 0.1) is 11.3 Å². The Morgan fingerprint density at radius 1 is 1.18 bits per heavy atom. The molecule has 0 radical (unpaired) electrons. The standard InChI is InChI=1S/C23H30N4O/c1-3-19(2)25-22-16-21(17-24-18-22)23(28)27-14-12-26(13-15-27)11-7-10-20-8-5-4-6-9-20/h4-10,16-19,25H,3,11-15H2,1-2H3/b10-7+. The van der Waals surface area contributed by atoms with Crippen LogP contribution in [0.4, 0.5) is 5.69 Å². The molecule has 0 spiro atoms. The summed E-state index contributed by atoms with van der Waals surface area (Å²) in [6.45, 7) is 8.45. The van der Waals surface area contributed by atoms with Crippen LogP contribution in [0.5, 0.6) is 0 Å². The van der Waals surface area contributed by atoms with Crippen LogP contribution in [0.2, 0.25) is 0 Å². The summed E-state index contributed by atoms with van der Waals surface area (Å²) in [7, 11) is 0. The van der Waals surface area contributed by atoms with Crippen molar-refractivity contribution in [1.29, 1.82) is 0 Å². The van der Waals surface area contributed by atoms with Crippen molar-refractivity contribution in [3.63, 3.8) is 0 Å². The first-order valence-corrected chi connectivity index (χ1v) is 10.1. The molecule has 148 valence electrons. The fraction of sp³-hybridized carbons (Fsp3) is 0.391. The Hall–Kier alpha value is -2.66. The van der Waals surface area contributed by atoms with E-state index in [0.717, 1.165) is 44.8 Å². The number of rotatable bonds is 7. The van der Waals surface area contributed by atoms with Gasteiger partial charge in [0, 0.05) is 51.2 Å². The average Bonchev–Trinajstić information content (AvgIpc) is 2.74. The van der Waals surface area contributed by atoms with Gasteiger partial charge in [-0.1, -0.05) is 49.4 Å². The lowest BCUT2D eigenvalue weighted by Gasteiger charge is -2.34. The SMILES string of the molecule is CCC(C)Nc1cncc(C(=O)N2CCN(C/C=C/c3ccccc3)CC2)c1. The summed E-state index contributed by atoms with van der Waals surface area (Å²) in [5.41, 5.74) is 2.78. The molecule has 3 rings (SSSR count). The van der Waals surface area contributed by atoms with Crippen LogP contribution in [0.15, 0.2) is 54.9 Å². The maximum absolute atomic E-state index is 12.8. The summed E-state index contributed by atoms with van der Waals surface area (Å²) in [5, 5.41) is 3.38. The second kappa shape index (κ2) is 10.0. The van der Waals surface area contributed by atoms with Crippen LogP contribution >= 0.6 is 0 Å². The third-order valence-electron chi connectivity index (χ3n) is 5.14. The fourth-order valence-corrected chi connectivity index (χ4v) is 3.24. The number of carbonyl (C=O) groups excluding carboxylic acids is 1. The Balaban J connectivity index is 1.50. The average molecular weight is 379 g/mol. The van der Waals surface area contributed by atoms with E-state index in [9.17, 15) is 4.79 Å². The molecule has 0 saturated carbocycles. The van der Waals surface area contributed by atoms with Crippen LogP contribution in [0.1, 0.15) is 36.2 Å². The van der Waals surface area contributed by atoms with Gasteiger partial charge in [-0.25, -0.2) is 0 Å². The maximum Gasteiger partial charge on any atom is 0.255 e. The Kier molecular flexibility index (Phi) is 7.20. The third kappa shape index (κ3) is 5.67. The number of benzene rings is 1. The van der Waals surface area contributed by atoms with E-state index in [-0.39, 0.29) is 5.91 Å². The Labute approximate surface area is 168 Å². The normalized spacial score (nSPS) is 16.3. The number of hydrogen-bond donors (Lipinski definition) is 1. The van der Waals surface area contributed by atoms with Crippen molar-refractivity contribution in [2.45, 2.75) is 26.3 Å². The number of piperazine rings is 1. The molecule has 1 aromatic heterocycles. The number of hydrogen-bond acceptors (Lipinski definition) is 4. The minimum atomic E-state index is 0.0692. The molecule has 1 amide bonds. The van der Waals surface area contributed by atoms with Gasteiger partial charge in [0.15, 0.2) is 0 Å². The molecule has 1 unspecified atom stereocenters. The molecule has 28 heavy (non-hydrogen) atoms. The van der Waals surface area contributed by atoms with Gasteiger partial charge in [-0.2, -0.15) is 0 Å². The van der Waals surface area contributed by atoms with Crippen molar-refractivity contribution in [2.75, 3.05) is 38.0 Å². The lowest BCUT2D eigenvalue weighted by molar-refractivity contribution is 0.0650. The number of nitrogens with one attached hydrogen (secondary N) is 1. The maximum atomic E-state index is 12.8. The van der Waals surface area contributed by atoms with Crippen LogP contribution in [0.25, 0.3) is 6.08 Å². The molecule has 5 heteroatoms. The highest BCUT2D eigenvalue weighted by molar-refractivity contribution is 5.94. The summed E-state index contributed by atoms with van der Waals surface area (Å²) in [4.78, 5) is 21.4. The molecule has 1 atom stereocenters. The van der Waals surface area contributed by atoms with Gasteiger partial charge in [-0.15, -0.1) is 0 Å². The van der Waals surface area contributed by atoms with Gasteiger partial charge in [0.1, 0.15) is 0 Å². The first-order chi connectivity index (χ1) is 13.7. The highest BCUT2D eigenvalue weighted by Crippen LogP contribution is 2.14. The van der Waals surface area contributed by atoms with E-state index in [4.69, 9.17) is 0 Å². The zero-order chi connectivity index (χ0) is 19.8. The third-order valence-corrected chi connectivity index (χ3v) is 5.14. The number of aromatic nitrogens is 1. The Morgan fingerprint density at radius 2 is 1.93 bits per heavy atom. The number of amides is 1. The first kappa shape index (κ1) is 20.1. The van der Waals surface area contributed by atoms with E-state index in [2.05, 4.69) is 53.3 Å². The van der Waals surface area contributed by atoms with Crippen LogP contribution < -0.4 is 5.32 Å². The van der Waals surface area contributed by atoms with E-state index >= 15 is 0 Å². The van der Waals surface area contributed by atoms with Crippen molar-refractivity contribution in [3.8, 4) is 0 Å². The van der Waals surface area contributed by atoms with Crippen LogP contribution in [-0.2, 0) is 0 Å². The van der Waals surface area contributed by atoms with E-state index < -0.39 is 0 Å². The van der Waals surface area contributed by atoms with Gasteiger partial charge in [-0.3, -0.25) is 14.7 Å². The van der Waals surface area contributed by atoms with E-state index in [1.54, 1.807) is 12.4 Å². The van der Waals surface area contributed by atoms with Gasteiger partial charge < -0.3 is 10.2 Å². The number of nitrogens with zero attached hydrogens (tertiary/aromatic N) is 3. The van der Waals surface area contributed by atoms with Crippen LogP contribution in [0.3, 0.4) is 0 Å². The molecule has 1 aliphatic heterocycles. The fourth-order valence-electron chi connectivity index (χ4n) is 3.24. The quantitative estimate of drug-likeness (QED) is 0.797. The van der Waals surface area contributed by atoms with Crippen molar-refractivity contribution in [3.05, 3.63) is 66.0 Å². The zero-order valence-electron chi connectivity index (χ0n) is 16.8. The van der Waals surface area contributed by atoms with E-state index in [0.29, 0.717) is 11.6 Å². The minimum Gasteiger partial charge on any atom is -0.381 e. The van der Waals surface area contributed by atoms with Crippen molar-refractivity contribution >= 4 is 17.7 Å². The molecule has 0 bridgehead atoms. The van der Waals surface area contributed by atoms with Gasteiger partial charge in [0.2, 0.25) is 0 Å². The molecule has 1 N–H and O–H groups in total. The van der Waals surface area contributed by atoms with Crippen LogP contribution in [0, 0.1) is 0 Å². The Morgan fingerprint density at radius 3 is 2.64 bits per heavy atom. The number of pyridine rings is 1. The monoisotopic (exact) mass is 378 g/mol. The molecule has 5 nitrogen and oxygen atoms in total. The van der Waals surface area contributed by atoms with E-state index in [1.807, 2.05) is 29.2 Å². The zero-order valence-corrected chi connectivity index (χ0v) is 16.8. The smallest absolute Gasteiger partial charge is 0.255 e. The van der Waals surface area contributed by atoms with Gasteiger partial charge in [0.25, 0.3) is 5.91 Å². The Bertz CT molecular complexity index is 782. The molecule has 2 aromatic rings. The molecular formula is C23H30N4O. The summed E-state index contributed by atoms with van der Waals surface area (Å²) in [6.07, 6.45) is 8.82. The largest absolute Gasteiger partial charge is 0.381 e. The van der Waals surface area contributed by atoms with Crippen LogP contribution in [-0.4, -0.2) is 59.5 Å². The lowest BCUT2D eigenvalue weighted by Crippen LogP contribution is -2.48. The summed E-state index contributed by atoms with van der Waals surface area (Å²) in [6, 6.07) is 12.6. The molecule has 2 heterocycles. The second-order valence-electron chi connectivity index (χ2n) is 7.32. The predicted octanol–water partition coefficient (Wildman–Crippen LogP) is 3.76. The predicted molar refractivity (Wildman–Crippen MR) is 115 cm³/mol. The molecule has 0 aliphatic carbocycles. The summed E-state index contributed by atoms with van der Waals surface area (Å²) >= 11 is 0. The molecular weight excluding hydrogens is 348 g/mol. The number of carbonyl (C=O) groups is 1. The van der Waals surface area contributed by atoms with Gasteiger partial charge >= 0.3 is 0 Å². The summed E-state index contributed by atoms with van der Waals surface area (Å²) < 4.78 is 0. The molecule has 1 fully saturated rings. The highest BCUT2D eigenvalue weighted by Gasteiger charge is 2.22. The summed E-state index contributed by atoms with van der Waals surface area (Å²) in [5.74, 6) is 0.0692. The molecule has 1 saturated heterocycles. The van der Waals surface area contributed by atoms with Crippen molar-refractivity contribution < 1.29 is 4.79 Å². The van der Waals surface area contributed by atoms with Crippen molar-refractivity contribution in [1.82, 2.24) is 14.8 Å². The van der Waals surface area contributed by atoms with Crippen molar-refractivity contribution in [2.24, 2.45) is 0 Å². The molecule has 1 aromatic carbocycles. The minimum absolute atomic E-state index is 0.0692. The molecule has 1 aliphatic rings. The first-order valence-electron chi connectivity index (χ1n) is 10.1. The second-order valence-corrected chi connectivity index (χ2v) is 7.32. The van der Waals surface area contributed by atoms with E-state index in [1.165, 1.54) is 5.56 Å². The highest BCUT2D eigenvalue weighted by atomic mass is 16.2. The number of anilines is 1. The lowest BCUT2D eigenvalue weighted by atomic mass is 10.2. The topological polar surface area (TPSA) is 48.5 Å².